The lowest BCUT2D eigenvalue weighted by atomic mass is 10.1. The zero-order valence-electron chi connectivity index (χ0n) is 11.8. The molecule has 2 rings (SSSR count). The summed E-state index contributed by atoms with van der Waals surface area (Å²) in [5, 5.41) is 0. The number of benzene rings is 1. The molecule has 5 nitrogen and oxygen atoms in total. The van der Waals surface area contributed by atoms with Crippen LogP contribution in [0, 0.1) is 0 Å². The monoisotopic (exact) mass is 298 g/mol. The second kappa shape index (κ2) is 6.45. The van der Waals surface area contributed by atoms with E-state index in [-0.39, 0.29) is 12.4 Å². The molecule has 0 unspecified atom stereocenters. The highest BCUT2D eigenvalue weighted by Crippen LogP contribution is 2.22. The third-order valence-corrected chi connectivity index (χ3v) is 4.37. The maximum Gasteiger partial charge on any atom is 0.150 e. The highest BCUT2D eigenvalue weighted by atomic mass is 32.2. The summed E-state index contributed by atoms with van der Waals surface area (Å²) in [5.74, 6) is 0.741. The number of ether oxygens (including phenoxy) is 1. The Morgan fingerprint density at radius 1 is 1.25 bits per heavy atom. The Bertz CT molecular complexity index is 520. The fraction of sp³-hybridized carbons (Fsp3) is 0.571. The minimum Gasteiger partial charge on any atom is -0.493 e. The number of hydrogen-bond donors (Lipinski definition) is 1. The van der Waals surface area contributed by atoms with E-state index in [1.54, 1.807) is 0 Å². The number of sulfone groups is 1. The van der Waals surface area contributed by atoms with Crippen molar-refractivity contribution in [2.24, 2.45) is 5.73 Å². The standard InChI is InChI=1S/C14H22N2O3S/c1-20(17,18)11-10-19-14-4-2-13(3-5-14)16-8-6-12(15)7-9-16/h2-5,12H,6-11,15H2,1H3. The van der Waals surface area contributed by atoms with Gasteiger partial charge in [-0.25, -0.2) is 8.42 Å². The van der Waals surface area contributed by atoms with Gasteiger partial charge in [-0.05, 0) is 37.1 Å². The van der Waals surface area contributed by atoms with Gasteiger partial charge in [0.15, 0.2) is 9.84 Å². The van der Waals surface area contributed by atoms with Gasteiger partial charge in [0.1, 0.15) is 12.4 Å². The van der Waals surface area contributed by atoms with Gasteiger partial charge in [0.05, 0.1) is 5.75 Å². The Morgan fingerprint density at radius 3 is 2.40 bits per heavy atom. The molecule has 1 heterocycles. The van der Waals surface area contributed by atoms with Gasteiger partial charge in [-0.2, -0.15) is 0 Å². The number of anilines is 1. The Kier molecular flexibility index (Phi) is 4.88. The van der Waals surface area contributed by atoms with E-state index >= 15 is 0 Å². The fourth-order valence-electron chi connectivity index (χ4n) is 2.22. The summed E-state index contributed by atoms with van der Waals surface area (Å²) in [6, 6.07) is 8.10. The molecule has 0 aromatic heterocycles. The quantitative estimate of drug-likeness (QED) is 0.879. The minimum atomic E-state index is -2.97. The Balaban J connectivity index is 1.86. The Morgan fingerprint density at radius 2 is 1.85 bits per heavy atom. The number of hydrogen-bond acceptors (Lipinski definition) is 5. The summed E-state index contributed by atoms with van der Waals surface area (Å²) in [4.78, 5) is 2.31. The van der Waals surface area contributed by atoms with Gasteiger partial charge >= 0.3 is 0 Å². The maximum atomic E-state index is 11.0. The first-order valence-electron chi connectivity index (χ1n) is 6.85. The van der Waals surface area contributed by atoms with Gasteiger partial charge in [0.2, 0.25) is 0 Å². The predicted molar refractivity (Wildman–Crippen MR) is 81.1 cm³/mol. The number of piperidine rings is 1. The van der Waals surface area contributed by atoms with Crippen LogP contribution in [0.3, 0.4) is 0 Å². The van der Waals surface area contributed by atoms with Crippen molar-refractivity contribution in [3.8, 4) is 5.75 Å². The maximum absolute atomic E-state index is 11.0. The molecule has 2 N–H and O–H groups in total. The summed E-state index contributed by atoms with van der Waals surface area (Å²) in [7, 11) is -2.97. The lowest BCUT2D eigenvalue weighted by Gasteiger charge is -2.32. The van der Waals surface area contributed by atoms with E-state index in [4.69, 9.17) is 10.5 Å². The second-order valence-electron chi connectivity index (χ2n) is 5.30. The average Bonchev–Trinajstić information content (AvgIpc) is 2.39. The molecule has 1 fully saturated rings. The highest BCUT2D eigenvalue weighted by Gasteiger charge is 2.16. The van der Waals surface area contributed by atoms with Crippen molar-refractivity contribution in [1.29, 1.82) is 0 Å². The molecule has 0 aliphatic carbocycles. The molecule has 0 saturated carbocycles. The molecule has 0 atom stereocenters. The molecule has 1 aliphatic rings. The van der Waals surface area contributed by atoms with E-state index in [0.717, 1.165) is 31.6 Å². The van der Waals surface area contributed by atoms with Crippen molar-refractivity contribution in [3.63, 3.8) is 0 Å². The van der Waals surface area contributed by atoms with Crippen molar-refractivity contribution in [1.82, 2.24) is 0 Å². The van der Waals surface area contributed by atoms with E-state index in [9.17, 15) is 8.42 Å². The van der Waals surface area contributed by atoms with E-state index < -0.39 is 9.84 Å². The molecule has 20 heavy (non-hydrogen) atoms. The minimum absolute atomic E-state index is 0.0404. The second-order valence-corrected chi connectivity index (χ2v) is 7.56. The Hall–Kier alpha value is -1.27. The summed E-state index contributed by atoms with van der Waals surface area (Å²) in [6.45, 7) is 2.15. The van der Waals surface area contributed by atoms with Crippen LogP contribution < -0.4 is 15.4 Å². The molecule has 0 radical (unpaired) electrons. The Labute approximate surface area is 120 Å². The smallest absolute Gasteiger partial charge is 0.150 e. The summed E-state index contributed by atoms with van der Waals surface area (Å²) in [5.41, 5.74) is 7.05. The lowest BCUT2D eigenvalue weighted by Crippen LogP contribution is -2.39. The number of nitrogens with zero attached hydrogens (tertiary/aromatic N) is 1. The van der Waals surface area contributed by atoms with Crippen LogP contribution in [0.2, 0.25) is 0 Å². The largest absolute Gasteiger partial charge is 0.493 e. The average molecular weight is 298 g/mol. The van der Waals surface area contributed by atoms with Crippen LogP contribution in [0.5, 0.6) is 5.75 Å². The van der Waals surface area contributed by atoms with Gasteiger partial charge in [0, 0.05) is 31.1 Å². The summed E-state index contributed by atoms with van der Waals surface area (Å²) in [6.07, 6.45) is 3.25. The normalized spacial score (nSPS) is 17.2. The van der Waals surface area contributed by atoms with Gasteiger partial charge < -0.3 is 15.4 Å². The first-order chi connectivity index (χ1) is 9.44. The van der Waals surface area contributed by atoms with Crippen LogP contribution in [-0.4, -0.2) is 46.2 Å². The van der Waals surface area contributed by atoms with Gasteiger partial charge in [-0.1, -0.05) is 0 Å². The van der Waals surface area contributed by atoms with Crippen LogP contribution >= 0.6 is 0 Å². The molecular formula is C14H22N2O3S. The molecule has 0 amide bonds. The molecule has 1 aromatic rings. The van der Waals surface area contributed by atoms with Crippen molar-refractivity contribution in [2.45, 2.75) is 18.9 Å². The lowest BCUT2D eigenvalue weighted by molar-refractivity contribution is 0.341. The number of rotatable bonds is 5. The van der Waals surface area contributed by atoms with Crippen molar-refractivity contribution >= 4 is 15.5 Å². The molecule has 1 aromatic carbocycles. The fourth-order valence-corrected chi connectivity index (χ4v) is 2.61. The van der Waals surface area contributed by atoms with E-state index in [2.05, 4.69) is 4.90 Å². The molecule has 112 valence electrons. The van der Waals surface area contributed by atoms with Crippen LogP contribution in [0.15, 0.2) is 24.3 Å². The molecule has 0 bridgehead atoms. The number of nitrogens with two attached hydrogens (primary N) is 1. The zero-order chi connectivity index (χ0) is 14.6. The first kappa shape index (κ1) is 15.1. The molecule has 1 saturated heterocycles. The predicted octanol–water partition coefficient (Wildman–Crippen LogP) is 1.04. The zero-order valence-corrected chi connectivity index (χ0v) is 12.6. The SMILES string of the molecule is CS(=O)(=O)CCOc1ccc(N2CCC(N)CC2)cc1. The van der Waals surface area contributed by atoms with Crippen LogP contribution in [-0.2, 0) is 9.84 Å². The van der Waals surface area contributed by atoms with Crippen LogP contribution in [0.25, 0.3) is 0 Å². The third-order valence-electron chi connectivity index (χ3n) is 3.46. The van der Waals surface area contributed by atoms with E-state index in [1.165, 1.54) is 6.26 Å². The van der Waals surface area contributed by atoms with E-state index in [0.29, 0.717) is 11.8 Å². The molecule has 6 heteroatoms. The van der Waals surface area contributed by atoms with Gasteiger partial charge in [-0.15, -0.1) is 0 Å². The molecule has 0 spiro atoms. The topological polar surface area (TPSA) is 72.6 Å². The summed E-state index contributed by atoms with van der Waals surface area (Å²) < 4.78 is 27.4. The van der Waals surface area contributed by atoms with Crippen molar-refractivity contribution in [3.05, 3.63) is 24.3 Å². The van der Waals surface area contributed by atoms with Gasteiger partial charge in [-0.3, -0.25) is 0 Å². The van der Waals surface area contributed by atoms with Crippen LogP contribution in [0.1, 0.15) is 12.8 Å². The van der Waals surface area contributed by atoms with Crippen molar-refractivity contribution in [2.75, 3.05) is 36.6 Å². The third kappa shape index (κ3) is 4.68. The molecular weight excluding hydrogens is 276 g/mol. The van der Waals surface area contributed by atoms with Crippen LogP contribution in [0.4, 0.5) is 5.69 Å². The first-order valence-corrected chi connectivity index (χ1v) is 8.91. The van der Waals surface area contributed by atoms with E-state index in [1.807, 2.05) is 24.3 Å². The van der Waals surface area contributed by atoms with Gasteiger partial charge in [0.25, 0.3) is 0 Å². The molecule has 1 aliphatic heterocycles. The highest BCUT2D eigenvalue weighted by molar-refractivity contribution is 7.90. The van der Waals surface area contributed by atoms with Crippen molar-refractivity contribution < 1.29 is 13.2 Å². The summed E-state index contributed by atoms with van der Waals surface area (Å²) >= 11 is 0.